The normalized spacial score (nSPS) is 19.7. The van der Waals surface area contributed by atoms with Crippen molar-refractivity contribution in [2.45, 2.75) is 64.6 Å². The number of halogens is 1. The minimum Gasteiger partial charge on any atom is -0.390 e. The van der Waals surface area contributed by atoms with Gasteiger partial charge in [0.25, 0.3) is 0 Å². The van der Waals surface area contributed by atoms with Crippen LogP contribution >= 0.6 is 15.9 Å². The van der Waals surface area contributed by atoms with Gasteiger partial charge in [-0.1, -0.05) is 19.3 Å². The molecule has 4 nitrogen and oxygen atoms in total. The summed E-state index contributed by atoms with van der Waals surface area (Å²) in [4.78, 5) is 0. The highest BCUT2D eigenvalue weighted by Gasteiger charge is 2.31. The Kier molecular flexibility index (Phi) is 6.26. The molecule has 1 aromatic rings. The molecule has 2 unspecified atom stereocenters. The lowest BCUT2D eigenvalue weighted by Crippen LogP contribution is -2.39. The van der Waals surface area contributed by atoms with Crippen LogP contribution in [0, 0.1) is 12.8 Å². The molecule has 0 aliphatic heterocycles. The Bertz CT molecular complexity index is 455. The van der Waals surface area contributed by atoms with Crippen molar-refractivity contribution in [3.05, 3.63) is 15.9 Å². The van der Waals surface area contributed by atoms with Gasteiger partial charge >= 0.3 is 0 Å². The summed E-state index contributed by atoms with van der Waals surface area (Å²) in [5.74, 6) is 0.488. The van der Waals surface area contributed by atoms with Gasteiger partial charge in [0.05, 0.1) is 28.1 Å². The summed E-state index contributed by atoms with van der Waals surface area (Å²) in [6, 6.07) is 0. The van der Waals surface area contributed by atoms with Gasteiger partial charge in [0.15, 0.2) is 0 Å². The number of nitrogens with zero attached hydrogens (tertiary/aromatic N) is 2. The van der Waals surface area contributed by atoms with E-state index in [0.717, 1.165) is 15.9 Å². The molecule has 5 heteroatoms. The number of hydrogen-bond donors (Lipinski definition) is 1. The summed E-state index contributed by atoms with van der Waals surface area (Å²) in [7, 11) is 1.93. The zero-order chi connectivity index (χ0) is 15.4. The van der Waals surface area contributed by atoms with Crippen LogP contribution in [0.2, 0.25) is 0 Å². The molecule has 1 fully saturated rings. The van der Waals surface area contributed by atoms with Gasteiger partial charge in [0.2, 0.25) is 0 Å². The predicted molar refractivity (Wildman–Crippen MR) is 87.3 cm³/mol. The zero-order valence-electron chi connectivity index (χ0n) is 13.3. The lowest BCUT2D eigenvalue weighted by molar-refractivity contribution is -0.0721. The Balaban J connectivity index is 2.08. The van der Waals surface area contributed by atoms with Gasteiger partial charge < -0.3 is 9.84 Å². The average Bonchev–Trinajstić information content (AvgIpc) is 2.72. The third-order valence-corrected chi connectivity index (χ3v) is 5.55. The number of hydrogen-bond acceptors (Lipinski definition) is 3. The van der Waals surface area contributed by atoms with Crippen molar-refractivity contribution in [3.63, 3.8) is 0 Å². The monoisotopic (exact) mass is 358 g/mol. The summed E-state index contributed by atoms with van der Waals surface area (Å²) in [5.41, 5.74) is 2.01. The van der Waals surface area contributed by atoms with Crippen molar-refractivity contribution < 1.29 is 9.84 Å². The molecule has 0 spiro atoms. The van der Waals surface area contributed by atoms with Crippen LogP contribution in [0.25, 0.3) is 0 Å². The van der Waals surface area contributed by atoms with Gasteiger partial charge in [0, 0.05) is 20.1 Å². The summed E-state index contributed by atoms with van der Waals surface area (Å²) in [5, 5.41) is 15.1. The Hall–Kier alpha value is -0.390. The van der Waals surface area contributed by atoms with Crippen molar-refractivity contribution in [3.8, 4) is 0 Å². The number of aromatic nitrogens is 2. The maximum absolute atomic E-state index is 10.7. The predicted octanol–water partition coefficient (Wildman–Crippen LogP) is 3.38. The zero-order valence-corrected chi connectivity index (χ0v) is 14.9. The fourth-order valence-corrected chi connectivity index (χ4v) is 3.93. The summed E-state index contributed by atoms with van der Waals surface area (Å²) in [6.45, 7) is 4.64. The third kappa shape index (κ3) is 4.08. The second-order valence-corrected chi connectivity index (χ2v) is 6.85. The molecule has 0 saturated heterocycles. The van der Waals surface area contributed by atoms with Crippen molar-refractivity contribution in [2.24, 2.45) is 13.0 Å². The van der Waals surface area contributed by atoms with E-state index in [4.69, 9.17) is 4.74 Å². The topological polar surface area (TPSA) is 47.3 Å². The first-order valence-electron chi connectivity index (χ1n) is 8.02. The van der Waals surface area contributed by atoms with Crippen LogP contribution in [-0.2, 0) is 18.2 Å². The highest BCUT2D eigenvalue weighted by molar-refractivity contribution is 9.10. The molecule has 21 heavy (non-hydrogen) atoms. The first-order chi connectivity index (χ1) is 10.0. The maximum Gasteiger partial charge on any atom is 0.0865 e. The second kappa shape index (κ2) is 7.75. The number of aliphatic hydroxyl groups excluding tert-OH is 1. The maximum atomic E-state index is 10.7. The third-order valence-electron chi connectivity index (χ3n) is 4.52. The standard InChI is InChI=1S/C16H27BrN2O2/c1-4-21-16(12-8-6-5-7-9-12)14(20)10-13-15(17)11(2)18-19(13)3/h12,14,16,20H,4-10H2,1-3H3. The van der Waals surface area contributed by atoms with Gasteiger partial charge in [-0.15, -0.1) is 0 Å². The van der Waals surface area contributed by atoms with Gasteiger partial charge in [-0.2, -0.15) is 5.10 Å². The molecule has 0 radical (unpaired) electrons. The minimum atomic E-state index is -0.473. The van der Waals surface area contributed by atoms with E-state index in [1.807, 2.05) is 25.6 Å². The van der Waals surface area contributed by atoms with E-state index in [1.165, 1.54) is 32.1 Å². The van der Waals surface area contributed by atoms with E-state index in [0.29, 0.717) is 18.9 Å². The number of aliphatic hydroxyl groups is 1. The smallest absolute Gasteiger partial charge is 0.0865 e. The SMILES string of the molecule is CCOC(C(O)Cc1c(Br)c(C)nn1C)C1CCCCC1. The average molecular weight is 359 g/mol. The van der Waals surface area contributed by atoms with E-state index < -0.39 is 6.10 Å². The Morgan fingerprint density at radius 1 is 1.38 bits per heavy atom. The first kappa shape index (κ1) is 17.0. The summed E-state index contributed by atoms with van der Waals surface area (Å²) >= 11 is 3.58. The fourth-order valence-electron chi connectivity index (χ4n) is 3.43. The lowest BCUT2D eigenvalue weighted by atomic mass is 9.82. The van der Waals surface area contributed by atoms with Crippen molar-refractivity contribution >= 4 is 15.9 Å². The van der Waals surface area contributed by atoms with Crippen LogP contribution < -0.4 is 0 Å². The molecule has 1 saturated carbocycles. The van der Waals surface area contributed by atoms with E-state index in [1.54, 1.807) is 0 Å². The molecule has 1 aliphatic carbocycles. The Labute approximate surface area is 136 Å². The number of aryl methyl sites for hydroxylation is 2. The highest BCUT2D eigenvalue weighted by atomic mass is 79.9. The van der Waals surface area contributed by atoms with E-state index >= 15 is 0 Å². The van der Waals surface area contributed by atoms with Crippen LogP contribution in [0.5, 0.6) is 0 Å². The fraction of sp³-hybridized carbons (Fsp3) is 0.812. The van der Waals surface area contributed by atoms with Gasteiger partial charge in [-0.05, 0) is 48.5 Å². The molecule has 2 rings (SSSR count). The molecule has 0 bridgehead atoms. The van der Waals surface area contributed by atoms with Crippen LogP contribution in [0.15, 0.2) is 4.47 Å². The largest absolute Gasteiger partial charge is 0.390 e. The van der Waals surface area contributed by atoms with Crippen molar-refractivity contribution in [1.29, 1.82) is 0 Å². The molecular weight excluding hydrogens is 332 g/mol. The van der Waals surface area contributed by atoms with E-state index in [9.17, 15) is 5.11 Å². The number of ether oxygens (including phenoxy) is 1. The van der Waals surface area contributed by atoms with Crippen molar-refractivity contribution in [2.75, 3.05) is 6.61 Å². The Morgan fingerprint density at radius 2 is 2.05 bits per heavy atom. The Morgan fingerprint density at radius 3 is 2.57 bits per heavy atom. The van der Waals surface area contributed by atoms with Gasteiger partial charge in [-0.25, -0.2) is 0 Å². The van der Waals surface area contributed by atoms with E-state index in [2.05, 4.69) is 21.0 Å². The molecule has 1 aliphatic rings. The second-order valence-electron chi connectivity index (χ2n) is 6.06. The molecule has 0 aromatic carbocycles. The van der Waals surface area contributed by atoms with Crippen LogP contribution in [0.4, 0.5) is 0 Å². The quantitative estimate of drug-likeness (QED) is 0.847. The minimum absolute atomic E-state index is 0.0580. The molecule has 0 amide bonds. The molecule has 1 aromatic heterocycles. The van der Waals surface area contributed by atoms with E-state index in [-0.39, 0.29) is 6.10 Å². The lowest BCUT2D eigenvalue weighted by Gasteiger charge is -2.33. The summed E-state index contributed by atoms with van der Waals surface area (Å²) in [6.07, 6.45) is 6.24. The number of rotatable bonds is 6. The molecule has 2 atom stereocenters. The van der Waals surface area contributed by atoms with Crippen LogP contribution in [0.1, 0.15) is 50.4 Å². The molecule has 1 N–H and O–H groups in total. The van der Waals surface area contributed by atoms with Crippen molar-refractivity contribution in [1.82, 2.24) is 9.78 Å². The summed E-state index contributed by atoms with van der Waals surface area (Å²) < 4.78 is 8.76. The van der Waals surface area contributed by atoms with Gasteiger partial charge in [0.1, 0.15) is 0 Å². The highest BCUT2D eigenvalue weighted by Crippen LogP contribution is 2.31. The van der Waals surface area contributed by atoms with Crippen LogP contribution in [-0.4, -0.2) is 33.7 Å². The molecule has 1 heterocycles. The van der Waals surface area contributed by atoms with Gasteiger partial charge in [-0.3, -0.25) is 4.68 Å². The molecular formula is C16H27BrN2O2. The van der Waals surface area contributed by atoms with Crippen LogP contribution in [0.3, 0.4) is 0 Å². The first-order valence-corrected chi connectivity index (χ1v) is 8.81. The molecule has 120 valence electrons.